The highest BCUT2D eigenvalue weighted by molar-refractivity contribution is 6.04. The van der Waals surface area contributed by atoms with Gasteiger partial charge in [0.1, 0.15) is 5.82 Å². The summed E-state index contributed by atoms with van der Waals surface area (Å²) in [7, 11) is 2.08. The van der Waals surface area contributed by atoms with E-state index in [9.17, 15) is 0 Å². The number of nitrogens with zero attached hydrogens (tertiary/aromatic N) is 6. The third-order valence-electron chi connectivity index (χ3n) is 5.10. The van der Waals surface area contributed by atoms with Crippen LogP contribution in [0.15, 0.2) is 42.5 Å². The molecule has 134 valence electrons. The molecule has 3 aromatic heterocycles. The van der Waals surface area contributed by atoms with Gasteiger partial charge in [-0.2, -0.15) is 4.98 Å². The van der Waals surface area contributed by atoms with Crippen molar-refractivity contribution in [3.63, 3.8) is 0 Å². The molecule has 0 saturated carbocycles. The van der Waals surface area contributed by atoms with Gasteiger partial charge in [0.05, 0.1) is 11.0 Å². The molecule has 0 unspecified atom stereocenters. The zero-order valence-corrected chi connectivity index (χ0v) is 15.6. The summed E-state index contributed by atoms with van der Waals surface area (Å²) in [4.78, 5) is 14.0. The molecule has 0 bridgehead atoms. The highest BCUT2D eigenvalue weighted by Crippen LogP contribution is 2.25. The number of hydrogen-bond acceptors (Lipinski definition) is 4. The van der Waals surface area contributed by atoms with Crippen molar-refractivity contribution in [3.05, 3.63) is 65.5 Å². The molecule has 0 radical (unpaired) electrons. The molecular formula is C21H20N6. The molecule has 5 aromatic rings. The fourth-order valence-electron chi connectivity index (χ4n) is 3.74. The summed E-state index contributed by atoms with van der Waals surface area (Å²) in [5, 5.41) is 7.02. The highest BCUT2D eigenvalue weighted by Gasteiger charge is 2.13. The van der Waals surface area contributed by atoms with Gasteiger partial charge in [-0.3, -0.25) is 0 Å². The van der Waals surface area contributed by atoms with Crippen LogP contribution in [0.1, 0.15) is 23.0 Å². The van der Waals surface area contributed by atoms with Crippen molar-refractivity contribution >= 4 is 27.6 Å². The minimum atomic E-state index is 0.665. The summed E-state index contributed by atoms with van der Waals surface area (Å²) in [6, 6.07) is 14.7. The standard InChI is InChI=1S/C21H20N6/c1-13-12-14(2)27-21(22-13)23-18(25-27)10-11-19-24-20-16-7-5-4-6-15(16)8-9-17(20)26(19)3/h4-9,12H,10-11H2,1-3H3. The molecule has 0 spiro atoms. The van der Waals surface area contributed by atoms with Gasteiger partial charge in [0.2, 0.25) is 0 Å². The minimum Gasteiger partial charge on any atom is -0.331 e. The average Bonchev–Trinajstić information content (AvgIpc) is 3.21. The van der Waals surface area contributed by atoms with Crippen molar-refractivity contribution in [3.8, 4) is 0 Å². The van der Waals surface area contributed by atoms with Crippen LogP contribution in [0.25, 0.3) is 27.6 Å². The van der Waals surface area contributed by atoms with E-state index in [2.05, 4.69) is 63.1 Å². The fourth-order valence-corrected chi connectivity index (χ4v) is 3.74. The number of aromatic nitrogens is 6. The van der Waals surface area contributed by atoms with E-state index in [0.29, 0.717) is 5.78 Å². The quantitative estimate of drug-likeness (QED) is 0.496. The molecule has 6 heteroatoms. The van der Waals surface area contributed by atoms with Gasteiger partial charge in [0, 0.05) is 36.7 Å². The highest BCUT2D eigenvalue weighted by atomic mass is 15.3. The Morgan fingerprint density at radius 3 is 2.67 bits per heavy atom. The Hall–Kier alpha value is -3.28. The molecular weight excluding hydrogens is 336 g/mol. The molecule has 0 aliphatic carbocycles. The van der Waals surface area contributed by atoms with Crippen LogP contribution in [0.3, 0.4) is 0 Å². The van der Waals surface area contributed by atoms with Gasteiger partial charge in [-0.1, -0.05) is 30.3 Å². The zero-order chi connectivity index (χ0) is 18.5. The molecule has 0 N–H and O–H groups in total. The van der Waals surface area contributed by atoms with E-state index in [-0.39, 0.29) is 0 Å². The molecule has 5 rings (SSSR count). The first-order valence-electron chi connectivity index (χ1n) is 9.13. The fraction of sp³-hybridized carbons (Fsp3) is 0.238. The summed E-state index contributed by atoms with van der Waals surface area (Å²) in [6.45, 7) is 4.00. The normalized spacial score (nSPS) is 11.8. The Balaban J connectivity index is 1.51. The van der Waals surface area contributed by atoms with Crippen LogP contribution in [-0.2, 0) is 19.9 Å². The van der Waals surface area contributed by atoms with E-state index in [1.54, 1.807) is 0 Å². The number of fused-ring (bicyclic) bond motifs is 4. The molecule has 0 atom stereocenters. The third-order valence-corrected chi connectivity index (χ3v) is 5.10. The Morgan fingerprint density at radius 1 is 0.926 bits per heavy atom. The lowest BCUT2D eigenvalue weighted by Gasteiger charge is -2.01. The van der Waals surface area contributed by atoms with Gasteiger partial charge in [0.15, 0.2) is 5.82 Å². The van der Waals surface area contributed by atoms with Gasteiger partial charge in [0.25, 0.3) is 5.78 Å². The van der Waals surface area contributed by atoms with Gasteiger partial charge in [-0.15, -0.1) is 5.10 Å². The Labute approximate surface area is 156 Å². The summed E-state index contributed by atoms with van der Waals surface area (Å²) in [5.41, 5.74) is 4.22. The summed E-state index contributed by atoms with van der Waals surface area (Å²) >= 11 is 0. The SMILES string of the molecule is Cc1cc(C)n2nc(CCc3nc4c5ccccc5ccc4n3C)nc2n1. The van der Waals surface area contributed by atoms with Gasteiger partial charge < -0.3 is 4.57 Å². The van der Waals surface area contributed by atoms with E-state index in [4.69, 9.17) is 4.98 Å². The summed E-state index contributed by atoms with van der Waals surface area (Å²) in [6.07, 6.45) is 1.52. The predicted octanol–water partition coefficient (Wildman–Crippen LogP) is 3.57. The average molecular weight is 356 g/mol. The monoisotopic (exact) mass is 356 g/mol. The molecule has 0 aliphatic heterocycles. The Kier molecular flexibility index (Phi) is 3.47. The molecule has 0 fully saturated rings. The van der Waals surface area contributed by atoms with Crippen LogP contribution in [0, 0.1) is 13.8 Å². The van der Waals surface area contributed by atoms with Gasteiger partial charge in [-0.05, 0) is 31.4 Å². The van der Waals surface area contributed by atoms with Crippen molar-refractivity contribution in [2.45, 2.75) is 26.7 Å². The molecule has 2 aromatic carbocycles. The largest absolute Gasteiger partial charge is 0.331 e. The summed E-state index contributed by atoms with van der Waals surface area (Å²) < 4.78 is 3.98. The maximum absolute atomic E-state index is 4.93. The Bertz CT molecular complexity index is 1310. The molecule has 0 saturated heterocycles. The summed E-state index contributed by atoms with van der Waals surface area (Å²) in [5.74, 6) is 2.51. The van der Waals surface area contributed by atoms with E-state index in [0.717, 1.165) is 46.9 Å². The molecule has 3 heterocycles. The molecule has 27 heavy (non-hydrogen) atoms. The number of rotatable bonds is 3. The lowest BCUT2D eigenvalue weighted by molar-refractivity contribution is 0.752. The first-order valence-corrected chi connectivity index (χ1v) is 9.13. The van der Waals surface area contributed by atoms with E-state index in [1.807, 2.05) is 24.4 Å². The van der Waals surface area contributed by atoms with Crippen LogP contribution in [0.2, 0.25) is 0 Å². The van der Waals surface area contributed by atoms with Gasteiger partial charge in [-0.25, -0.2) is 14.5 Å². The Morgan fingerprint density at radius 2 is 1.78 bits per heavy atom. The first kappa shape index (κ1) is 15.9. The lowest BCUT2D eigenvalue weighted by Crippen LogP contribution is -2.02. The van der Waals surface area contributed by atoms with Crippen molar-refractivity contribution < 1.29 is 0 Å². The third kappa shape index (κ3) is 2.56. The smallest absolute Gasteiger partial charge is 0.252 e. The number of hydrogen-bond donors (Lipinski definition) is 0. The van der Waals surface area contributed by atoms with Crippen molar-refractivity contribution in [2.24, 2.45) is 7.05 Å². The number of imidazole rings is 1. The second kappa shape index (κ2) is 5.87. The van der Waals surface area contributed by atoms with Crippen molar-refractivity contribution in [2.75, 3.05) is 0 Å². The van der Waals surface area contributed by atoms with Crippen molar-refractivity contribution in [1.82, 2.24) is 29.1 Å². The zero-order valence-electron chi connectivity index (χ0n) is 15.6. The van der Waals surface area contributed by atoms with Crippen molar-refractivity contribution in [1.29, 1.82) is 0 Å². The van der Waals surface area contributed by atoms with E-state index in [1.165, 1.54) is 10.8 Å². The molecule has 0 aliphatic rings. The predicted molar refractivity (Wildman–Crippen MR) is 106 cm³/mol. The van der Waals surface area contributed by atoms with Crippen LogP contribution >= 0.6 is 0 Å². The molecule has 6 nitrogen and oxygen atoms in total. The molecule has 0 amide bonds. The maximum atomic E-state index is 4.93. The second-order valence-electron chi connectivity index (χ2n) is 7.02. The number of benzene rings is 2. The number of aryl methyl sites for hydroxylation is 5. The second-order valence-corrected chi connectivity index (χ2v) is 7.02. The van der Waals surface area contributed by atoms with Crippen LogP contribution in [-0.4, -0.2) is 29.1 Å². The van der Waals surface area contributed by atoms with Crippen LogP contribution in [0.5, 0.6) is 0 Å². The lowest BCUT2D eigenvalue weighted by atomic mass is 10.1. The van der Waals surface area contributed by atoms with Gasteiger partial charge >= 0.3 is 0 Å². The van der Waals surface area contributed by atoms with E-state index >= 15 is 0 Å². The maximum Gasteiger partial charge on any atom is 0.252 e. The topological polar surface area (TPSA) is 60.9 Å². The van der Waals surface area contributed by atoms with Crippen LogP contribution in [0.4, 0.5) is 0 Å². The first-order chi connectivity index (χ1) is 13.1. The van der Waals surface area contributed by atoms with E-state index < -0.39 is 0 Å². The minimum absolute atomic E-state index is 0.665. The van der Waals surface area contributed by atoms with Crippen LogP contribution < -0.4 is 0 Å².